The van der Waals surface area contributed by atoms with E-state index in [1.54, 1.807) is 165 Å². The van der Waals surface area contributed by atoms with Crippen molar-refractivity contribution in [3.8, 4) is 40.6 Å². The number of allylic oxidation sites excluding steroid dienone is 7. The Hall–Kier alpha value is -15.3. The van der Waals surface area contributed by atoms with Gasteiger partial charge in [0.05, 0.1) is 106 Å². The van der Waals surface area contributed by atoms with Crippen LogP contribution in [0.2, 0.25) is 20.1 Å². The van der Waals surface area contributed by atoms with Crippen molar-refractivity contribution < 1.29 is 59.4 Å². The Morgan fingerprint density at radius 3 is 1.60 bits per heavy atom. The summed E-state index contributed by atoms with van der Waals surface area (Å²) in [5.74, 6) is 1.78. The van der Waals surface area contributed by atoms with E-state index in [0.717, 1.165) is 126 Å². The standard InChI is InChI=1S/C23H19ClN2O3.C22H22ClN3O3.C21H21ClN2O2.C19H19ClN2OS.C13H8ClNO.C6H6N2O3.3C2H6/c1-2-29-22(28)11-14-3-6-16(7-4-14)25-23-18-9-5-15(24)12-21(18)26-20-10-8-17(27)13-19(20)23;1-28-21(7-4-12-24)22(29-2)11-14-26-19-6-3-5-16(23)10-13-25-20-9-8-17(27)15-18(19)20;1-4-15(8-6-7-14(3)25)23-21-17(5-2)20(11-12-22)24-19-10-9-16(26)13-18(19)21;1-2-16(24)6-4-11-21-18-7-3-5-14(20)10-12-22-19-9-8-15(23)13-17(18)19;14-10-2-1-8-5-9-6-11(16)3-4-12(9)15-13(8)7-10;7-5-2-1-4(9)3-6(5)8(10)11;3*1-2/h3-10,12-13,27H,2,11H2,1H3,(H,25,26);3,5-11,13,15,26-27H,4,14H2,1-2H3;4-11,13,23,26H,1,12H2,2-3H3;2-10,12-13,21,23-24H,11H2,1H3;1-7,16H;1-3,9H,7H2;3*1-2H3/b;5-3?,6-3?,13-10?,16-5?,16-10?,19-6?,19-18?,21-7+,22-11+,25-13?,25-20?;7-6+,15-8+,17-5+,20-11+;5-3?,6-4-,7-3?,12-10?,14-5?,14-10?,16-2+,18-7?,18-17?,22-12?,22-19?;;;;;. The van der Waals surface area contributed by atoms with Gasteiger partial charge in [0.15, 0.2) is 17.3 Å². The Labute approximate surface area is 850 Å². The number of nitro groups is 1. The van der Waals surface area contributed by atoms with Gasteiger partial charge in [-0.3, -0.25) is 29.7 Å². The molecule has 5 heterocycles. The summed E-state index contributed by atoms with van der Waals surface area (Å²) in [7, 11) is 3.05. The van der Waals surface area contributed by atoms with Crippen molar-refractivity contribution in [3.05, 3.63) is 367 Å². The number of hydrogen-bond acceptors (Lipinski definition) is 25. The van der Waals surface area contributed by atoms with Gasteiger partial charge in [-0.1, -0.05) is 155 Å². The molecule has 0 fully saturated rings. The summed E-state index contributed by atoms with van der Waals surface area (Å²) < 4.78 is 15.7. The lowest BCUT2D eigenvalue weighted by Crippen LogP contribution is -2.31. The smallest absolute Gasteiger partial charge is 0.310 e. The van der Waals surface area contributed by atoms with E-state index >= 15 is 0 Å². The van der Waals surface area contributed by atoms with E-state index in [4.69, 9.17) is 88.3 Å². The van der Waals surface area contributed by atoms with Crippen LogP contribution < -0.4 is 37.6 Å². The number of methoxy groups -OCH3 is 2. The number of halogens is 5. The third kappa shape index (κ3) is 36.8. The molecule has 732 valence electrons. The van der Waals surface area contributed by atoms with Gasteiger partial charge in [-0.05, 0) is 263 Å². The molecule has 9 aromatic carbocycles. The number of thiol groups is 1. The zero-order chi connectivity index (χ0) is 103. The number of hydrogen-bond donors (Lipinski definition) is 12. The van der Waals surface area contributed by atoms with Gasteiger partial charge < -0.3 is 71.9 Å². The van der Waals surface area contributed by atoms with E-state index < -0.39 is 4.92 Å². The van der Waals surface area contributed by atoms with Crippen LogP contribution in [0.15, 0.2) is 320 Å². The van der Waals surface area contributed by atoms with E-state index in [1.807, 2.05) is 183 Å². The maximum Gasteiger partial charge on any atom is 0.310 e. The highest BCUT2D eigenvalue weighted by atomic mass is 35.5. The van der Waals surface area contributed by atoms with Crippen molar-refractivity contribution in [3.63, 3.8) is 0 Å². The number of nitrogens with two attached hydrogens (primary N) is 1. The summed E-state index contributed by atoms with van der Waals surface area (Å²) in [4.78, 5) is 55.8. The van der Waals surface area contributed by atoms with Crippen LogP contribution in [-0.4, -0.2) is 112 Å². The zero-order valence-electron chi connectivity index (χ0n) is 79.9. The summed E-state index contributed by atoms with van der Waals surface area (Å²) >= 11 is 34.4. The number of aromatic nitrogens is 5. The molecule has 5 aromatic heterocycles. The molecule has 12 N–H and O–H groups in total. The number of nitrogens with one attached hydrogen (secondary N) is 4. The number of fused-ring (bicyclic) bond motifs is 7. The second kappa shape index (κ2) is 61.1. The predicted molar refractivity (Wildman–Crippen MR) is 586 cm³/mol. The number of pyridine rings is 3. The fraction of sp³-hybridized carbons (Fsp3) is 0.164. The lowest BCUT2D eigenvalue weighted by molar-refractivity contribution is -0.384. The number of aromatic hydroxyl groups is 6. The van der Waals surface area contributed by atoms with E-state index in [1.165, 1.54) is 39.4 Å². The van der Waals surface area contributed by atoms with Crippen LogP contribution in [0.5, 0.6) is 34.5 Å². The van der Waals surface area contributed by atoms with Crippen LogP contribution >= 0.6 is 70.6 Å². The number of nitrogens with zero attached hydrogens (tertiary/aromatic N) is 7. The molecule has 14 aromatic rings. The Balaban J connectivity index is 0.000000261. The number of carbonyl (C=O) groups excluding carboxylic acids is 2. The third-order valence-corrected chi connectivity index (χ3v) is 20.7. The maximum atomic E-state index is 11.7. The number of phenolic OH excluding ortho intramolecular Hbond substituents is 6. The molecule has 0 unspecified atom stereocenters. The van der Waals surface area contributed by atoms with E-state index in [9.17, 15) is 45.2 Å². The Bertz CT molecular complexity index is 7140. The van der Waals surface area contributed by atoms with Gasteiger partial charge in [-0.25, -0.2) is 15.0 Å². The molecule has 0 bridgehead atoms. The number of rotatable bonds is 23. The summed E-state index contributed by atoms with van der Waals surface area (Å²) in [6, 6.07) is 65.9. The zero-order valence-corrected chi connectivity index (χ0v) is 84.6. The number of phenols is 6. The van der Waals surface area contributed by atoms with Gasteiger partial charge in [0.25, 0.3) is 5.69 Å². The quantitative estimate of drug-likeness (QED) is 0.00242. The number of nitrogen functional groups attached to an aromatic ring is 1. The van der Waals surface area contributed by atoms with Crippen LogP contribution in [0.1, 0.15) is 81.2 Å². The van der Waals surface area contributed by atoms with Crippen LogP contribution in [0.25, 0.3) is 88.5 Å². The van der Waals surface area contributed by atoms with Gasteiger partial charge in [0.2, 0.25) is 0 Å². The molecule has 0 spiro atoms. The number of nitriles is 1. The third-order valence-electron chi connectivity index (χ3n) is 19.2. The second-order valence-corrected chi connectivity index (χ2v) is 31.2. The average molecular weight is 2020 g/mol. The molecule has 25 nitrogen and oxygen atoms in total. The van der Waals surface area contributed by atoms with Crippen LogP contribution in [0, 0.1) is 21.4 Å². The Kier molecular flexibility index (Phi) is 49.6. The summed E-state index contributed by atoms with van der Waals surface area (Å²) in [6.07, 6.45) is 23.3. The fourth-order valence-electron chi connectivity index (χ4n) is 12.8. The number of carbonyl (C=O) groups is 2. The SMILES string of the molecule is C/C=C(S)\C=C/CNc1cccc(Cl)ccnc2ccc(O)cc12.C=C/C(=C\C=C\C(C)=O)Nc1c(=C/C)/c(=C\CCl)nc2ccc(O)cc12.CC.CC.CC.CCOC(=O)Cc1ccc(Nc2c3ccc(Cl)cc3nc3ccc(O)cc23)cc1.COC(=C/CC#N)/C(=C\CNc1cccc(Cl)ccnc2ccc(O)cc12)OC.Nc1ccc(O)cc1[N+](=O)[O-].Oc1ccc2nc3cc(Cl)ccc3cc2c1. The normalized spacial score (nSPS) is 11.2. The summed E-state index contributed by atoms with van der Waals surface area (Å²) in [6.45, 7) is 24.3. The first-order valence-corrected chi connectivity index (χ1v) is 46.9. The molecule has 0 radical (unpaired) electrons. The monoisotopic (exact) mass is 2020 g/mol. The second-order valence-electron chi connectivity index (χ2n) is 28.6. The van der Waals surface area contributed by atoms with Crippen molar-refractivity contribution in [1.82, 2.24) is 24.9 Å². The largest absolute Gasteiger partial charge is 0.508 e. The fourth-order valence-corrected chi connectivity index (χ4v) is 13.7. The molecule has 0 saturated carbocycles. The number of ether oxygens (including phenoxy) is 3. The Morgan fingerprint density at radius 2 is 1.07 bits per heavy atom. The molecule has 0 aliphatic heterocycles. The number of alkyl halides is 1. The maximum absolute atomic E-state index is 11.7. The van der Waals surface area contributed by atoms with Gasteiger partial charge in [-0.15, -0.1) is 24.2 Å². The van der Waals surface area contributed by atoms with Crippen LogP contribution in [0.3, 0.4) is 0 Å². The van der Waals surface area contributed by atoms with Gasteiger partial charge in [0.1, 0.15) is 40.2 Å². The lowest BCUT2D eigenvalue weighted by Gasteiger charge is -2.14. The van der Waals surface area contributed by atoms with Gasteiger partial charge in [-0.2, -0.15) is 5.26 Å². The highest BCUT2D eigenvalue weighted by Gasteiger charge is 2.16. The molecule has 0 atom stereocenters. The Morgan fingerprint density at radius 1 is 0.560 bits per heavy atom. The van der Waals surface area contributed by atoms with Crippen LogP contribution in [0.4, 0.5) is 39.8 Å². The van der Waals surface area contributed by atoms with Crippen molar-refractivity contribution >= 4 is 211 Å². The molecule has 0 aliphatic carbocycles. The molecule has 0 saturated heterocycles. The average Bonchev–Trinajstić information content (AvgIpc) is 0.750. The first-order chi connectivity index (χ1) is 68.0. The number of benzene rings is 9. The molecular formula is C110H113Cl5N12O13S. The highest BCUT2D eigenvalue weighted by Crippen LogP contribution is 2.37. The molecule has 0 aliphatic rings. The van der Waals surface area contributed by atoms with E-state index in [2.05, 4.69) is 65.4 Å². The van der Waals surface area contributed by atoms with Gasteiger partial charge >= 0.3 is 5.97 Å². The number of anilines is 6. The van der Waals surface area contributed by atoms with E-state index in [-0.39, 0.29) is 70.5 Å². The number of nitro benzene ring substituents is 1. The summed E-state index contributed by atoms with van der Waals surface area (Å²) in [5, 5.41) is 100. The van der Waals surface area contributed by atoms with Crippen LogP contribution in [-0.2, 0) is 30.2 Å². The van der Waals surface area contributed by atoms with Crippen molar-refractivity contribution in [2.24, 2.45) is 0 Å². The minimum atomic E-state index is -0.644. The van der Waals surface area contributed by atoms with Crippen molar-refractivity contribution in [2.45, 2.75) is 82.1 Å². The van der Waals surface area contributed by atoms with Gasteiger partial charge in [0, 0.05) is 117 Å². The number of ketones is 1. The van der Waals surface area contributed by atoms with Crippen molar-refractivity contribution in [2.75, 3.05) is 66.8 Å². The lowest BCUT2D eigenvalue weighted by atomic mass is 10.1. The van der Waals surface area contributed by atoms with E-state index in [0.29, 0.717) is 68.4 Å². The molecule has 14 rings (SSSR count). The molecule has 31 heteroatoms. The molecule has 141 heavy (non-hydrogen) atoms. The molecule has 0 amide bonds. The first kappa shape index (κ1) is 114. The minimum absolute atomic E-state index is 0.0366. The molecular weight excluding hydrogens is 1910 g/mol. The topological polar surface area (TPSA) is 389 Å². The number of esters is 1. The minimum Gasteiger partial charge on any atom is -0.508 e. The van der Waals surface area contributed by atoms with Crippen molar-refractivity contribution in [1.29, 1.82) is 5.26 Å². The summed E-state index contributed by atoms with van der Waals surface area (Å²) in [5.41, 5.74) is 16.0. The predicted octanol–water partition coefficient (Wildman–Crippen LogP) is 27.3. The highest BCUT2D eigenvalue weighted by molar-refractivity contribution is 7.84. The first-order valence-electron chi connectivity index (χ1n) is 44.4.